The summed E-state index contributed by atoms with van der Waals surface area (Å²) < 4.78 is 6.46. The van der Waals surface area contributed by atoms with E-state index in [1.54, 1.807) is 0 Å². The first-order valence-electron chi connectivity index (χ1n) is 10.3. The molecule has 1 fully saturated rings. The van der Waals surface area contributed by atoms with Gasteiger partial charge in [0, 0.05) is 13.1 Å². The van der Waals surface area contributed by atoms with Crippen LogP contribution in [0.1, 0.15) is 36.0 Å². The Morgan fingerprint density at radius 3 is 2.48 bits per heavy atom. The van der Waals surface area contributed by atoms with Gasteiger partial charge in [0.1, 0.15) is 0 Å². The van der Waals surface area contributed by atoms with E-state index < -0.39 is 0 Å². The van der Waals surface area contributed by atoms with Gasteiger partial charge in [0.25, 0.3) is 0 Å². The number of hydrogen-bond donors (Lipinski definition) is 0. The fraction of sp³-hybridized carbons (Fsp3) is 0.360. The quantitative estimate of drug-likeness (QED) is 0.629. The van der Waals surface area contributed by atoms with Gasteiger partial charge in [0.15, 0.2) is 0 Å². The molecule has 3 aromatic rings. The largest absolute Gasteiger partial charge is 0.365 e. The molecule has 0 radical (unpaired) electrons. The molecule has 0 amide bonds. The Labute approximate surface area is 161 Å². The van der Waals surface area contributed by atoms with Gasteiger partial charge in [-0.3, -0.25) is 0 Å². The van der Waals surface area contributed by atoms with E-state index >= 15 is 0 Å². The van der Waals surface area contributed by atoms with Crippen molar-refractivity contribution in [2.45, 2.75) is 37.9 Å². The molecule has 27 heavy (non-hydrogen) atoms. The average Bonchev–Trinajstić information content (AvgIpc) is 3.09. The van der Waals surface area contributed by atoms with Crippen molar-refractivity contribution in [3.8, 4) is 0 Å². The number of likely N-dealkylation sites (tertiary alicyclic amines) is 1. The lowest BCUT2D eigenvalue weighted by atomic mass is 9.82. The van der Waals surface area contributed by atoms with Crippen LogP contribution < -0.4 is 0 Å². The minimum atomic E-state index is -0.0463. The van der Waals surface area contributed by atoms with Crippen LogP contribution in [0.5, 0.6) is 0 Å². The summed E-state index contributed by atoms with van der Waals surface area (Å²) in [5.41, 5.74) is 4.27. The topological polar surface area (TPSA) is 12.5 Å². The number of piperidine rings is 1. The van der Waals surface area contributed by atoms with E-state index in [-0.39, 0.29) is 5.60 Å². The van der Waals surface area contributed by atoms with Crippen molar-refractivity contribution in [1.82, 2.24) is 4.90 Å². The summed E-state index contributed by atoms with van der Waals surface area (Å²) in [4.78, 5) is 2.62. The standard InChI is InChI=1S/C25H27NO/c1-2-7-20(8-3-1)9-6-16-26-17-14-25(15-18-26)24-13-12-21-10-4-5-11-22(21)23(24)19-27-25/h1-5,7-8,10-13H,6,9,14-19H2. The van der Waals surface area contributed by atoms with Gasteiger partial charge in [0.2, 0.25) is 0 Å². The number of hydrogen-bond acceptors (Lipinski definition) is 2. The first-order valence-corrected chi connectivity index (χ1v) is 10.3. The van der Waals surface area contributed by atoms with Crippen LogP contribution in [-0.2, 0) is 23.4 Å². The lowest BCUT2D eigenvalue weighted by Crippen LogP contribution is -2.42. The second kappa shape index (κ2) is 7.10. The van der Waals surface area contributed by atoms with Crippen LogP contribution in [0.3, 0.4) is 0 Å². The van der Waals surface area contributed by atoms with Gasteiger partial charge < -0.3 is 9.64 Å². The third-order valence-electron chi connectivity index (χ3n) is 6.47. The number of fused-ring (bicyclic) bond motifs is 4. The zero-order valence-corrected chi connectivity index (χ0v) is 15.9. The van der Waals surface area contributed by atoms with E-state index in [0.29, 0.717) is 0 Å². The summed E-state index contributed by atoms with van der Waals surface area (Å²) in [6.07, 6.45) is 4.64. The van der Waals surface area contributed by atoms with Crippen LogP contribution in [0.2, 0.25) is 0 Å². The molecule has 2 nitrogen and oxygen atoms in total. The van der Waals surface area contributed by atoms with Crippen molar-refractivity contribution < 1.29 is 4.74 Å². The smallest absolute Gasteiger partial charge is 0.0963 e. The summed E-state index contributed by atoms with van der Waals surface area (Å²) in [7, 11) is 0. The molecular formula is C25H27NO. The van der Waals surface area contributed by atoms with Gasteiger partial charge in [-0.25, -0.2) is 0 Å². The molecule has 138 valence electrons. The second-order valence-corrected chi connectivity index (χ2v) is 8.03. The summed E-state index contributed by atoms with van der Waals surface area (Å²) in [6.45, 7) is 4.24. The maximum absolute atomic E-state index is 6.46. The molecule has 1 saturated heterocycles. The monoisotopic (exact) mass is 357 g/mol. The van der Waals surface area contributed by atoms with Crippen molar-refractivity contribution in [2.24, 2.45) is 0 Å². The Bertz CT molecular complexity index is 925. The Balaban J connectivity index is 1.24. The lowest BCUT2D eigenvalue weighted by Gasteiger charge is -2.39. The van der Waals surface area contributed by atoms with Crippen LogP contribution in [0.15, 0.2) is 66.7 Å². The highest BCUT2D eigenvalue weighted by atomic mass is 16.5. The molecule has 0 aliphatic carbocycles. The molecule has 0 N–H and O–H groups in total. The second-order valence-electron chi connectivity index (χ2n) is 8.03. The van der Waals surface area contributed by atoms with Crippen molar-refractivity contribution in [3.05, 3.63) is 83.4 Å². The van der Waals surface area contributed by atoms with Gasteiger partial charge in [-0.05, 0) is 59.7 Å². The van der Waals surface area contributed by atoms with E-state index in [2.05, 4.69) is 71.6 Å². The van der Waals surface area contributed by atoms with Crippen molar-refractivity contribution in [3.63, 3.8) is 0 Å². The molecule has 2 heteroatoms. The summed E-state index contributed by atoms with van der Waals surface area (Å²) in [6, 6.07) is 24.2. The first-order chi connectivity index (χ1) is 13.3. The van der Waals surface area contributed by atoms with Gasteiger partial charge in [0.05, 0.1) is 12.2 Å². The number of ether oxygens (including phenoxy) is 1. The van der Waals surface area contributed by atoms with Crippen LogP contribution in [0.25, 0.3) is 10.8 Å². The minimum absolute atomic E-state index is 0.0463. The molecule has 0 atom stereocenters. The van der Waals surface area contributed by atoms with Gasteiger partial charge in [-0.1, -0.05) is 66.7 Å². The molecule has 5 rings (SSSR count). The number of benzene rings is 3. The molecule has 0 unspecified atom stereocenters. The highest BCUT2D eigenvalue weighted by Crippen LogP contribution is 2.46. The molecule has 2 heterocycles. The summed E-state index contributed by atoms with van der Waals surface area (Å²) in [5.74, 6) is 0. The average molecular weight is 357 g/mol. The fourth-order valence-electron chi connectivity index (χ4n) is 4.91. The van der Waals surface area contributed by atoms with E-state index in [1.807, 2.05) is 0 Å². The van der Waals surface area contributed by atoms with Gasteiger partial charge in [-0.2, -0.15) is 0 Å². The summed E-state index contributed by atoms with van der Waals surface area (Å²) in [5, 5.41) is 2.70. The Kier molecular flexibility index (Phi) is 4.47. The van der Waals surface area contributed by atoms with Crippen LogP contribution in [0.4, 0.5) is 0 Å². The van der Waals surface area contributed by atoms with E-state index in [1.165, 1.54) is 46.8 Å². The predicted molar refractivity (Wildman–Crippen MR) is 111 cm³/mol. The van der Waals surface area contributed by atoms with Crippen LogP contribution >= 0.6 is 0 Å². The van der Waals surface area contributed by atoms with Crippen molar-refractivity contribution >= 4 is 10.8 Å². The highest BCUT2D eigenvalue weighted by molar-refractivity contribution is 5.87. The molecule has 2 aliphatic heterocycles. The van der Waals surface area contributed by atoms with E-state index in [9.17, 15) is 0 Å². The van der Waals surface area contributed by atoms with Gasteiger partial charge >= 0.3 is 0 Å². The predicted octanol–water partition coefficient (Wildman–Crippen LogP) is 5.29. The first kappa shape index (κ1) is 17.0. The molecule has 3 aromatic carbocycles. The maximum Gasteiger partial charge on any atom is 0.0963 e. The van der Waals surface area contributed by atoms with E-state index in [0.717, 1.165) is 32.5 Å². The van der Waals surface area contributed by atoms with E-state index in [4.69, 9.17) is 4.74 Å². The molecule has 0 aromatic heterocycles. The zero-order chi connectivity index (χ0) is 18.1. The fourth-order valence-corrected chi connectivity index (χ4v) is 4.91. The molecule has 1 spiro atoms. The molecule has 2 aliphatic rings. The maximum atomic E-state index is 6.46. The van der Waals surface area contributed by atoms with Crippen molar-refractivity contribution in [1.29, 1.82) is 0 Å². The Hall–Kier alpha value is -2.16. The number of nitrogens with zero attached hydrogens (tertiary/aromatic N) is 1. The van der Waals surface area contributed by atoms with Crippen molar-refractivity contribution in [2.75, 3.05) is 19.6 Å². The number of aryl methyl sites for hydroxylation is 1. The lowest BCUT2D eigenvalue weighted by molar-refractivity contribution is -0.0787. The normalized spacial score (nSPS) is 18.8. The van der Waals surface area contributed by atoms with Crippen LogP contribution in [-0.4, -0.2) is 24.5 Å². The third kappa shape index (κ3) is 3.18. The highest BCUT2D eigenvalue weighted by Gasteiger charge is 2.42. The molecular weight excluding hydrogens is 330 g/mol. The van der Waals surface area contributed by atoms with Gasteiger partial charge in [-0.15, -0.1) is 0 Å². The SMILES string of the molecule is c1ccc(CCCN2CCC3(CC2)OCc2c3ccc3ccccc23)cc1. The minimum Gasteiger partial charge on any atom is -0.365 e. The Morgan fingerprint density at radius 2 is 1.63 bits per heavy atom. The summed E-state index contributed by atoms with van der Waals surface area (Å²) >= 11 is 0. The zero-order valence-electron chi connectivity index (χ0n) is 15.9. The molecule has 0 bridgehead atoms. The number of rotatable bonds is 4. The Morgan fingerprint density at radius 1 is 0.852 bits per heavy atom. The van der Waals surface area contributed by atoms with Crippen LogP contribution in [0, 0.1) is 0 Å². The molecule has 0 saturated carbocycles. The third-order valence-corrected chi connectivity index (χ3v) is 6.47.